The molecular weight excluding hydrogens is 1680 g/mol. The van der Waals surface area contributed by atoms with E-state index in [1.807, 2.05) is 36.4 Å². The van der Waals surface area contributed by atoms with Gasteiger partial charge in [0.2, 0.25) is 11.2 Å². The van der Waals surface area contributed by atoms with Crippen molar-refractivity contribution < 1.29 is 89.1 Å². The monoisotopic (exact) mass is 1810 g/mol. The largest absolute Gasteiger partial charge is 0.516 e. The minimum atomic E-state index is -1.32. The maximum absolute atomic E-state index is 12.6. The summed E-state index contributed by atoms with van der Waals surface area (Å²) >= 11 is 0. The number of aromatic nitrogens is 6. The van der Waals surface area contributed by atoms with Crippen LogP contribution in [0.3, 0.4) is 0 Å². The van der Waals surface area contributed by atoms with Crippen LogP contribution in [0.4, 0.5) is 22.2 Å². The molecule has 0 radical (unpaired) electrons. The number of unbranched alkanes of at least 4 members (excludes halogenated alkanes) is 2. The highest BCUT2D eigenvalue weighted by Gasteiger charge is 2.48. The zero-order valence-corrected chi connectivity index (χ0v) is 77.5. The molecule has 4 aliphatic heterocycles. The molecule has 125 heavy (non-hydrogen) atoms. The molecule has 6 aliphatic rings. The number of nitrogens with zero attached hydrogens (tertiary/aromatic N) is 10. The average Bonchev–Trinajstić information content (AvgIpc) is 1.73. The van der Waals surface area contributed by atoms with Crippen molar-refractivity contribution in [2.45, 2.75) is 196 Å². The van der Waals surface area contributed by atoms with Crippen molar-refractivity contribution in [2.24, 2.45) is 38.5 Å². The summed E-state index contributed by atoms with van der Waals surface area (Å²) in [4.78, 5) is 75.2. The fraction of sp³-hybridized carbons (Fsp3) is 0.568. The van der Waals surface area contributed by atoms with Gasteiger partial charge in [0.1, 0.15) is 78.4 Å². The third-order valence-electron chi connectivity index (χ3n) is 22.6. The molecule has 7 heterocycles. The summed E-state index contributed by atoms with van der Waals surface area (Å²) < 4.78 is 32.9. The number of hydrogen-bond donors (Lipinski definition) is 14. The van der Waals surface area contributed by atoms with E-state index in [2.05, 4.69) is 139 Å². The van der Waals surface area contributed by atoms with Crippen molar-refractivity contribution in [3.8, 4) is 23.0 Å². The topological polar surface area (TPSA) is 515 Å². The standard InChI is InChI=1S/C35H45N4O7P.C20H35N4O5P.C17H26N3O3P.C16H28N3O4P/c1-22(33(42)46-35(43)44-21-27-25-14-7-5-12-23(25)24-13-6-8-15-26(24)27)11-9-10-18-37-34-38-29(36)16-19-39(34)32-31(41)30(40)28(45-32)17-20-47(2,3)4;1-13(19(27)28)7-5-6-10-22-20-23-15(21)8-11-24(20)18-17(26)16(25)14(29-18)9-12-30(2,3)4;1-5-6-12-10-20(17(23)19-16(12)18)13-9-11(14(21)15(13)22)7-8-24(2,3)4;1-10-18-15(17)11(5-7-20)9-19(10)16-14(22)13(21)12(23-16)6-8-24(2,3)4/h5-8,12-16,19,22,27-28,30-32,40-41H,2,9-11,17-18,20-21H2,1,3-4H3,(H2,36,37,38);8,11,13-14,16-18,25-26H,2,5-7,9-10,12H2,1,3-4H3,(H,27,28)(H2,21,22,23);10-11,13-15,21-22H,2,7-9H2,1,3-4H3,(H2,18,19,23);9,12-14,16,20-22H,1-2,5-8H2,3-4H3,(H2,17,18)/t22?,28-,30-,31-,32?;13?,14-,16-,17-,18?;11-,13?,14+,15-;12-,13-,14-,16?/m1101/s1. The smallest absolute Gasteiger partial charge is 0.481 e. The van der Waals surface area contributed by atoms with Crippen LogP contribution in [-0.4, -0.2) is 311 Å². The second kappa shape index (κ2) is 45.8. The Hall–Kier alpha value is -8.08. The first-order chi connectivity index (χ1) is 58.7. The molecule has 18 atom stereocenters. The lowest BCUT2D eigenvalue weighted by Gasteiger charge is -2.32. The third-order valence-corrected chi connectivity index (χ3v) is 28.5. The third kappa shape index (κ3) is 29.2. The van der Waals surface area contributed by atoms with Crippen molar-refractivity contribution >= 4 is 94.1 Å². The normalized spacial score (nSPS) is 25.6. The molecule has 0 bridgehead atoms. The minimum Gasteiger partial charge on any atom is -0.481 e. The van der Waals surface area contributed by atoms with E-state index >= 15 is 0 Å². The average molecular weight is 1820 g/mol. The fourth-order valence-electron chi connectivity index (χ4n) is 15.3. The first-order valence-electron chi connectivity index (χ1n) is 42.2. The van der Waals surface area contributed by atoms with E-state index in [-0.39, 0.29) is 54.0 Å². The quantitative estimate of drug-likeness (QED) is 0.00785. The molecule has 0 spiro atoms. The number of aliphatic hydroxyl groups excluding tert-OH is 9. The van der Waals surface area contributed by atoms with Crippen molar-refractivity contribution in [1.29, 1.82) is 0 Å². The number of nitrogens with two attached hydrogens (primary N) is 4. The Balaban J connectivity index is 0.000000216. The van der Waals surface area contributed by atoms with Gasteiger partial charge in [-0.15, -0.1) is 58.7 Å². The summed E-state index contributed by atoms with van der Waals surface area (Å²) in [5, 5.41) is 102. The molecule has 690 valence electrons. The molecule has 0 amide bonds. The predicted molar refractivity (Wildman–Crippen MR) is 500 cm³/mol. The molecule has 1 saturated carbocycles. The van der Waals surface area contributed by atoms with Gasteiger partial charge in [-0.3, -0.25) is 33.3 Å². The second-order valence-corrected chi connectivity index (χ2v) is 53.0. The molecule has 6 unspecified atom stereocenters. The number of carbonyl (C=O) groups excluding carboxylic acids is 2. The molecule has 33 nitrogen and oxygen atoms in total. The maximum Gasteiger partial charge on any atom is 0.516 e. The molecular formula is C88H134N14O19P4. The van der Waals surface area contributed by atoms with E-state index < -0.39 is 149 Å². The number of fused-ring (bicyclic) bond motifs is 3. The SMILES string of the molecule is C=C1N=C(N)C(CCO)=CN1C1O[C@H](CCP(=C)(C)C)[C@@H](O)[C@H]1O.C=P(C)(C)CC[C@H]1CC(n2cc(C#CC)c(N)nc2=O)[C@H](O)[C@@H]1O.C=P(C)(C)CC[C@H]1OC(n2ccc(N)nc2=NCCCCC(C)C(=O)O)[C@H](O)[C@@H]1O.C=P(C)(C)CC[C@H]1OC(n2ccc(N)nc2=NCCCCC(C)C(=O)OC(=O)OCC2c3ccccc3-c3ccccc32)[C@H](O)[C@@H]1O. The Kier molecular flexibility index (Phi) is 37.4. The highest BCUT2D eigenvalue weighted by Crippen LogP contribution is 2.47. The summed E-state index contributed by atoms with van der Waals surface area (Å²) in [6, 6.07) is 18.7. The zero-order chi connectivity index (χ0) is 92.3. The highest BCUT2D eigenvalue weighted by molar-refractivity contribution is 7.73. The Morgan fingerprint density at radius 3 is 1.50 bits per heavy atom. The number of benzene rings is 2. The van der Waals surface area contributed by atoms with E-state index in [1.54, 1.807) is 65.5 Å². The number of hydrogen-bond acceptors (Lipinski definition) is 29. The molecule has 18 N–H and O–H groups in total. The molecule has 2 aliphatic carbocycles. The van der Waals surface area contributed by atoms with Crippen LogP contribution in [-0.2, 0) is 33.3 Å². The predicted octanol–water partition coefficient (Wildman–Crippen LogP) is 5.88. The first-order valence-corrected chi connectivity index (χ1v) is 54.5. The molecule has 37 heteroatoms. The molecule has 3 aromatic heterocycles. The number of rotatable bonds is 32. The number of carbonyl (C=O) groups is 3. The van der Waals surface area contributed by atoms with Crippen molar-refractivity contribution in [3.05, 3.63) is 142 Å². The van der Waals surface area contributed by atoms with Gasteiger partial charge in [0.15, 0.2) is 18.7 Å². The number of aliphatic carboxylic acids is 1. The van der Waals surface area contributed by atoms with Crippen molar-refractivity contribution in [1.82, 2.24) is 33.6 Å². The molecule has 5 aromatic rings. The van der Waals surface area contributed by atoms with Gasteiger partial charge in [-0.05, 0) is 183 Å². The van der Waals surface area contributed by atoms with Crippen LogP contribution in [0.1, 0.15) is 139 Å². The van der Waals surface area contributed by atoms with Crippen LogP contribution in [0.5, 0.6) is 0 Å². The molecule has 11 rings (SSSR count). The zero-order valence-electron chi connectivity index (χ0n) is 73.9. The van der Waals surface area contributed by atoms with Crippen LogP contribution in [0.15, 0.2) is 123 Å². The van der Waals surface area contributed by atoms with E-state index in [4.69, 9.17) is 56.8 Å². The number of anilines is 3. The summed E-state index contributed by atoms with van der Waals surface area (Å²) in [5.41, 5.74) is 28.8. The summed E-state index contributed by atoms with van der Waals surface area (Å²) in [7, 11) is 0. The van der Waals surface area contributed by atoms with Gasteiger partial charge in [-0.2, -0.15) is 15.0 Å². The number of amidine groups is 1. The van der Waals surface area contributed by atoms with Crippen LogP contribution in [0, 0.1) is 29.6 Å². The van der Waals surface area contributed by atoms with Crippen LogP contribution in [0.2, 0.25) is 0 Å². The lowest BCUT2D eigenvalue weighted by Crippen LogP contribution is -2.42. The summed E-state index contributed by atoms with van der Waals surface area (Å²) in [6.45, 7) is 21.7. The Bertz CT molecular complexity index is 5060. The number of carboxylic acids is 1. The van der Waals surface area contributed by atoms with Crippen LogP contribution < -0.4 is 39.9 Å². The van der Waals surface area contributed by atoms with Gasteiger partial charge in [-0.1, -0.05) is 87.7 Å². The fourth-order valence-corrected chi connectivity index (χ4v) is 19.2. The Morgan fingerprint density at radius 1 is 0.600 bits per heavy atom. The van der Waals surface area contributed by atoms with Crippen molar-refractivity contribution in [2.75, 3.05) is 121 Å². The lowest BCUT2D eigenvalue weighted by atomic mass is 9.98. The summed E-state index contributed by atoms with van der Waals surface area (Å²) in [6.07, 6.45) is 20.8. The lowest BCUT2D eigenvalue weighted by molar-refractivity contribution is -0.144. The Labute approximate surface area is 733 Å². The number of nitrogen functional groups attached to an aromatic ring is 3. The number of esters is 1. The van der Waals surface area contributed by atoms with Gasteiger partial charge in [0.05, 0.1) is 47.9 Å². The van der Waals surface area contributed by atoms with Gasteiger partial charge in [0.25, 0.3) is 0 Å². The maximum atomic E-state index is 12.6. The van der Waals surface area contributed by atoms with Gasteiger partial charge >= 0.3 is 23.8 Å². The second-order valence-electron chi connectivity index (χ2n) is 35.8. The highest BCUT2D eigenvalue weighted by atomic mass is 31.2. The number of aliphatic imine (C=N–C) groups is 1. The van der Waals surface area contributed by atoms with E-state index in [0.717, 1.165) is 59.7 Å². The number of ether oxygens (including phenoxy) is 5. The Morgan fingerprint density at radius 2 is 1.05 bits per heavy atom. The number of carboxylic acid groups (broad SMARTS) is 1. The number of aliphatic hydroxyl groups is 9. The van der Waals surface area contributed by atoms with Crippen molar-refractivity contribution in [3.63, 3.8) is 0 Å². The van der Waals surface area contributed by atoms with Crippen LogP contribution in [0.25, 0.3) is 11.1 Å². The molecule has 2 aromatic carbocycles. The van der Waals surface area contributed by atoms with Crippen LogP contribution >= 0.6 is 27.5 Å². The first kappa shape index (κ1) is 102. The molecule has 4 fully saturated rings. The van der Waals surface area contributed by atoms with E-state index in [1.165, 1.54) is 10.8 Å². The van der Waals surface area contributed by atoms with Gasteiger partial charge in [0, 0.05) is 62.4 Å². The van der Waals surface area contributed by atoms with E-state index in [0.29, 0.717) is 106 Å². The molecule has 3 saturated heterocycles. The van der Waals surface area contributed by atoms with Gasteiger partial charge < -0.3 is 103 Å². The van der Waals surface area contributed by atoms with E-state index in [9.17, 15) is 60.0 Å². The van der Waals surface area contributed by atoms with Gasteiger partial charge in [-0.25, -0.2) is 14.6 Å². The summed E-state index contributed by atoms with van der Waals surface area (Å²) in [5.74, 6) is 4.26. The minimum absolute atomic E-state index is 0.0591.